The van der Waals surface area contributed by atoms with E-state index in [9.17, 15) is 17.2 Å². The zero-order valence-electron chi connectivity index (χ0n) is 13.2. The predicted octanol–water partition coefficient (Wildman–Crippen LogP) is 2.78. The monoisotopic (exact) mass is 352 g/mol. The molecule has 0 spiro atoms. The van der Waals surface area contributed by atoms with Crippen LogP contribution in [0.15, 0.2) is 47.4 Å². The molecule has 2 aromatic rings. The molecule has 1 saturated heterocycles. The zero-order valence-corrected chi connectivity index (χ0v) is 14.1. The van der Waals surface area contributed by atoms with E-state index in [0.29, 0.717) is 19.2 Å². The number of aryl methyl sites for hydroxylation is 1. The summed E-state index contributed by atoms with van der Waals surface area (Å²) in [4.78, 5) is 1.76. The number of rotatable bonds is 3. The van der Waals surface area contributed by atoms with Crippen molar-refractivity contribution in [3.05, 3.63) is 59.7 Å². The van der Waals surface area contributed by atoms with Gasteiger partial charge in [-0.05, 0) is 36.8 Å². The Hall–Kier alpha value is -1.99. The van der Waals surface area contributed by atoms with Gasteiger partial charge in [0.05, 0.1) is 4.90 Å². The summed E-state index contributed by atoms with van der Waals surface area (Å²) in [7, 11) is -3.89. The molecule has 1 fully saturated rings. The fourth-order valence-corrected chi connectivity index (χ4v) is 4.30. The Bertz CT molecular complexity index is 827. The van der Waals surface area contributed by atoms with Crippen LogP contribution in [0.4, 0.5) is 14.5 Å². The third-order valence-electron chi connectivity index (χ3n) is 4.08. The summed E-state index contributed by atoms with van der Waals surface area (Å²) in [5, 5.41) is 0. The first kappa shape index (κ1) is 16.9. The summed E-state index contributed by atoms with van der Waals surface area (Å²) >= 11 is 0. The lowest BCUT2D eigenvalue weighted by molar-refractivity contribution is 0.384. The molecular formula is C17H18F2N2O2S. The molecule has 0 saturated carbocycles. The zero-order chi connectivity index (χ0) is 17.3. The van der Waals surface area contributed by atoms with E-state index in [4.69, 9.17) is 0 Å². The summed E-state index contributed by atoms with van der Waals surface area (Å²) in [6.45, 7) is 3.60. The van der Waals surface area contributed by atoms with Gasteiger partial charge < -0.3 is 4.90 Å². The number of hydrogen-bond donors (Lipinski definition) is 0. The van der Waals surface area contributed by atoms with Crippen molar-refractivity contribution in [1.29, 1.82) is 0 Å². The number of piperazine rings is 1. The SMILES string of the molecule is Cc1cccc(N2CCN(S(=O)(=O)c3cc(F)cc(F)c3)CC2)c1. The number of anilines is 1. The molecule has 1 heterocycles. The molecule has 4 nitrogen and oxygen atoms in total. The highest BCUT2D eigenvalue weighted by Gasteiger charge is 2.29. The lowest BCUT2D eigenvalue weighted by Crippen LogP contribution is -2.48. The Balaban J connectivity index is 1.76. The second-order valence-corrected chi connectivity index (χ2v) is 7.77. The van der Waals surface area contributed by atoms with Crippen LogP contribution in [0.1, 0.15) is 5.56 Å². The van der Waals surface area contributed by atoms with Crippen LogP contribution in [0.25, 0.3) is 0 Å². The van der Waals surface area contributed by atoms with Gasteiger partial charge in [0.15, 0.2) is 0 Å². The van der Waals surface area contributed by atoms with Crippen LogP contribution in [-0.2, 0) is 10.0 Å². The predicted molar refractivity (Wildman–Crippen MR) is 88.5 cm³/mol. The lowest BCUT2D eigenvalue weighted by atomic mass is 10.2. The van der Waals surface area contributed by atoms with E-state index in [2.05, 4.69) is 4.90 Å². The maximum absolute atomic E-state index is 13.3. The molecule has 24 heavy (non-hydrogen) atoms. The van der Waals surface area contributed by atoms with Crippen LogP contribution in [-0.4, -0.2) is 38.9 Å². The Morgan fingerprint density at radius 2 is 1.54 bits per heavy atom. The van der Waals surface area contributed by atoms with Crippen molar-refractivity contribution in [1.82, 2.24) is 4.31 Å². The number of nitrogens with zero attached hydrogens (tertiary/aromatic N) is 2. The van der Waals surface area contributed by atoms with Crippen LogP contribution in [0.3, 0.4) is 0 Å². The first-order chi connectivity index (χ1) is 11.4. The molecule has 0 N–H and O–H groups in total. The number of benzene rings is 2. The van der Waals surface area contributed by atoms with Crippen molar-refractivity contribution in [3.63, 3.8) is 0 Å². The second kappa shape index (κ2) is 6.49. The van der Waals surface area contributed by atoms with E-state index in [-0.39, 0.29) is 18.0 Å². The quantitative estimate of drug-likeness (QED) is 0.853. The van der Waals surface area contributed by atoms with Gasteiger partial charge in [0, 0.05) is 37.9 Å². The average molecular weight is 352 g/mol. The molecule has 0 aliphatic carbocycles. The van der Waals surface area contributed by atoms with E-state index in [0.717, 1.165) is 23.4 Å². The lowest BCUT2D eigenvalue weighted by Gasteiger charge is -2.35. The largest absolute Gasteiger partial charge is 0.369 e. The molecule has 3 rings (SSSR count). The molecule has 0 atom stereocenters. The average Bonchev–Trinajstić information content (AvgIpc) is 2.54. The fraction of sp³-hybridized carbons (Fsp3) is 0.294. The minimum absolute atomic E-state index is 0.272. The van der Waals surface area contributed by atoms with Gasteiger partial charge in [-0.3, -0.25) is 0 Å². The van der Waals surface area contributed by atoms with Gasteiger partial charge in [0.2, 0.25) is 10.0 Å². The molecule has 128 valence electrons. The van der Waals surface area contributed by atoms with Gasteiger partial charge >= 0.3 is 0 Å². The maximum atomic E-state index is 13.3. The standard InChI is InChI=1S/C17H18F2N2O2S/c1-13-3-2-4-16(9-13)20-5-7-21(8-6-20)24(22,23)17-11-14(18)10-15(19)12-17/h2-4,9-12H,5-8H2,1H3. The molecule has 2 aromatic carbocycles. The topological polar surface area (TPSA) is 40.6 Å². The Morgan fingerprint density at radius 3 is 2.12 bits per heavy atom. The van der Waals surface area contributed by atoms with Crippen molar-refractivity contribution in [2.75, 3.05) is 31.1 Å². The molecular weight excluding hydrogens is 334 g/mol. The Kier molecular flexibility index (Phi) is 4.56. The van der Waals surface area contributed by atoms with Crippen LogP contribution < -0.4 is 4.90 Å². The summed E-state index contributed by atoms with van der Waals surface area (Å²) < 4.78 is 53.0. The fourth-order valence-electron chi connectivity index (χ4n) is 2.84. The van der Waals surface area contributed by atoms with Gasteiger partial charge in [0.1, 0.15) is 11.6 Å². The van der Waals surface area contributed by atoms with Crippen LogP contribution in [0.5, 0.6) is 0 Å². The highest BCUT2D eigenvalue weighted by Crippen LogP contribution is 2.23. The van der Waals surface area contributed by atoms with Crippen molar-refractivity contribution in [3.8, 4) is 0 Å². The third-order valence-corrected chi connectivity index (χ3v) is 5.96. The van der Waals surface area contributed by atoms with Gasteiger partial charge in [-0.15, -0.1) is 0 Å². The first-order valence-electron chi connectivity index (χ1n) is 7.64. The maximum Gasteiger partial charge on any atom is 0.243 e. The molecule has 1 aliphatic heterocycles. The number of hydrogen-bond acceptors (Lipinski definition) is 3. The van der Waals surface area contributed by atoms with E-state index < -0.39 is 21.7 Å². The Morgan fingerprint density at radius 1 is 0.917 bits per heavy atom. The normalized spacial score (nSPS) is 16.4. The van der Waals surface area contributed by atoms with Crippen LogP contribution in [0.2, 0.25) is 0 Å². The first-order valence-corrected chi connectivity index (χ1v) is 9.08. The van der Waals surface area contributed by atoms with Gasteiger partial charge in [-0.1, -0.05) is 12.1 Å². The number of sulfonamides is 1. The van der Waals surface area contributed by atoms with Gasteiger partial charge in [-0.25, -0.2) is 17.2 Å². The summed E-state index contributed by atoms with van der Waals surface area (Å²) in [5.41, 5.74) is 2.18. The molecule has 7 heteroatoms. The summed E-state index contributed by atoms with van der Waals surface area (Å²) in [6, 6.07) is 10.4. The van der Waals surface area contributed by atoms with E-state index >= 15 is 0 Å². The van der Waals surface area contributed by atoms with Crippen LogP contribution >= 0.6 is 0 Å². The minimum Gasteiger partial charge on any atom is -0.369 e. The van der Waals surface area contributed by atoms with Gasteiger partial charge in [-0.2, -0.15) is 4.31 Å². The highest BCUT2D eigenvalue weighted by molar-refractivity contribution is 7.89. The smallest absolute Gasteiger partial charge is 0.243 e. The third kappa shape index (κ3) is 3.42. The van der Waals surface area contributed by atoms with Gasteiger partial charge in [0.25, 0.3) is 0 Å². The molecule has 0 unspecified atom stereocenters. The molecule has 0 radical (unpaired) electrons. The second-order valence-electron chi connectivity index (χ2n) is 5.84. The van der Waals surface area contributed by atoms with E-state index in [1.54, 1.807) is 0 Å². The molecule has 0 bridgehead atoms. The molecule has 0 amide bonds. The Labute approximate surface area is 140 Å². The van der Waals surface area contributed by atoms with Crippen molar-refractivity contribution in [2.24, 2.45) is 0 Å². The van der Waals surface area contributed by atoms with Crippen molar-refractivity contribution < 1.29 is 17.2 Å². The summed E-state index contributed by atoms with van der Waals surface area (Å²) in [5.74, 6) is -1.79. The minimum atomic E-state index is -3.89. The van der Waals surface area contributed by atoms with E-state index in [1.807, 2.05) is 31.2 Å². The summed E-state index contributed by atoms with van der Waals surface area (Å²) in [6.07, 6.45) is 0. The van der Waals surface area contributed by atoms with Crippen LogP contribution in [0, 0.1) is 18.6 Å². The van der Waals surface area contributed by atoms with E-state index in [1.165, 1.54) is 4.31 Å². The van der Waals surface area contributed by atoms with Crippen molar-refractivity contribution >= 4 is 15.7 Å². The van der Waals surface area contributed by atoms with Crippen molar-refractivity contribution in [2.45, 2.75) is 11.8 Å². The molecule has 1 aliphatic rings. The molecule has 0 aromatic heterocycles. The number of halogens is 2. The highest BCUT2D eigenvalue weighted by atomic mass is 32.2.